The third-order valence-electron chi connectivity index (χ3n) is 3.74. The predicted molar refractivity (Wildman–Crippen MR) is 90.0 cm³/mol. The number of hydrogen-bond acceptors (Lipinski definition) is 4. The SMILES string of the molecule is O=C(CC(=O)Nc1ccc(Cl)cc1C(F)(F)F)NCCN1CCOCC1. The van der Waals surface area contributed by atoms with E-state index in [1.54, 1.807) is 0 Å². The molecule has 10 heteroatoms. The summed E-state index contributed by atoms with van der Waals surface area (Å²) in [6.07, 6.45) is -5.24. The standard InChI is InChI=1S/C16H19ClF3N3O3/c17-11-1-2-13(12(9-11)16(18,19)20)22-15(25)10-14(24)21-3-4-23-5-7-26-8-6-23/h1-2,9H,3-8,10H2,(H,21,24)(H,22,25). The number of amides is 2. The Labute approximate surface area is 153 Å². The molecule has 0 unspecified atom stereocenters. The number of alkyl halides is 3. The van der Waals surface area contributed by atoms with E-state index in [0.29, 0.717) is 26.3 Å². The van der Waals surface area contributed by atoms with Gasteiger partial charge < -0.3 is 15.4 Å². The fraction of sp³-hybridized carbons (Fsp3) is 0.500. The lowest BCUT2D eigenvalue weighted by Gasteiger charge is -2.26. The van der Waals surface area contributed by atoms with E-state index in [0.717, 1.165) is 25.2 Å². The molecule has 0 radical (unpaired) electrons. The molecule has 0 spiro atoms. The van der Waals surface area contributed by atoms with Crippen LogP contribution in [0.15, 0.2) is 18.2 Å². The van der Waals surface area contributed by atoms with Crippen molar-refractivity contribution in [2.24, 2.45) is 0 Å². The predicted octanol–water partition coefficient (Wildman–Crippen LogP) is 2.14. The molecule has 1 aromatic carbocycles. The van der Waals surface area contributed by atoms with Gasteiger partial charge in [0.2, 0.25) is 11.8 Å². The topological polar surface area (TPSA) is 70.7 Å². The van der Waals surface area contributed by atoms with Crippen molar-refractivity contribution in [3.8, 4) is 0 Å². The first-order valence-corrected chi connectivity index (χ1v) is 8.37. The van der Waals surface area contributed by atoms with Crippen LogP contribution in [0.25, 0.3) is 0 Å². The number of carbonyl (C=O) groups excluding carboxylic acids is 2. The first-order chi connectivity index (χ1) is 12.3. The van der Waals surface area contributed by atoms with Crippen LogP contribution in [-0.4, -0.2) is 56.1 Å². The second-order valence-corrected chi connectivity index (χ2v) is 6.15. The van der Waals surface area contributed by atoms with Crippen LogP contribution in [0.2, 0.25) is 5.02 Å². The highest BCUT2D eigenvalue weighted by Gasteiger charge is 2.34. The normalized spacial score (nSPS) is 15.5. The van der Waals surface area contributed by atoms with Crippen molar-refractivity contribution >= 4 is 29.1 Å². The summed E-state index contributed by atoms with van der Waals surface area (Å²) in [5.41, 5.74) is -1.50. The zero-order valence-corrected chi connectivity index (χ0v) is 14.6. The lowest BCUT2D eigenvalue weighted by atomic mass is 10.1. The van der Waals surface area contributed by atoms with Crippen molar-refractivity contribution in [3.63, 3.8) is 0 Å². The van der Waals surface area contributed by atoms with Crippen LogP contribution in [0, 0.1) is 0 Å². The second-order valence-electron chi connectivity index (χ2n) is 5.72. The molecule has 0 aromatic heterocycles. The van der Waals surface area contributed by atoms with Gasteiger partial charge in [0.25, 0.3) is 0 Å². The van der Waals surface area contributed by atoms with Gasteiger partial charge in [0, 0.05) is 31.2 Å². The summed E-state index contributed by atoms with van der Waals surface area (Å²) in [6, 6.07) is 3.01. The third kappa shape index (κ3) is 6.47. The summed E-state index contributed by atoms with van der Waals surface area (Å²) >= 11 is 5.58. The summed E-state index contributed by atoms with van der Waals surface area (Å²) in [6.45, 7) is 3.78. The van der Waals surface area contributed by atoms with Gasteiger partial charge in [-0.15, -0.1) is 0 Å². The highest BCUT2D eigenvalue weighted by atomic mass is 35.5. The molecule has 2 rings (SSSR count). The smallest absolute Gasteiger partial charge is 0.379 e. The Morgan fingerprint density at radius 3 is 2.54 bits per heavy atom. The monoisotopic (exact) mass is 393 g/mol. The third-order valence-corrected chi connectivity index (χ3v) is 3.97. The van der Waals surface area contributed by atoms with E-state index < -0.39 is 35.7 Å². The molecule has 0 aliphatic carbocycles. The Morgan fingerprint density at radius 2 is 1.88 bits per heavy atom. The lowest BCUT2D eigenvalue weighted by molar-refractivity contribution is -0.137. The lowest BCUT2D eigenvalue weighted by Crippen LogP contribution is -2.41. The molecule has 0 atom stereocenters. The highest BCUT2D eigenvalue weighted by molar-refractivity contribution is 6.30. The number of nitrogens with zero attached hydrogens (tertiary/aromatic N) is 1. The van der Waals surface area contributed by atoms with Crippen LogP contribution < -0.4 is 10.6 Å². The molecule has 144 valence electrons. The summed E-state index contributed by atoms with van der Waals surface area (Å²) < 4.78 is 44.2. The molecule has 2 amide bonds. The van der Waals surface area contributed by atoms with Crippen molar-refractivity contribution in [1.29, 1.82) is 0 Å². The second kappa shape index (κ2) is 9.20. The number of benzene rings is 1. The molecular weight excluding hydrogens is 375 g/mol. The van der Waals surface area contributed by atoms with E-state index >= 15 is 0 Å². The summed E-state index contributed by atoms with van der Waals surface area (Å²) in [5.74, 6) is -1.39. The molecular formula is C16H19ClF3N3O3. The zero-order chi connectivity index (χ0) is 19.2. The molecule has 2 N–H and O–H groups in total. The van der Waals surface area contributed by atoms with Crippen LogP contribution in [0.3, 0.4) is 0 Å². The summed E-state index contributed by atoms with van der Waals surface area (Å²) in [5, 5.41) is 4.58. The molecule has 1 aromatic rings. The van der Waals surface area contributed by atoms with Gasteiger partial charge in [-0.3, -0.25) is 14.5 Å². The maximum absolute atomic E-state index is 13.0. The van der Waals surface area contributed by atoms with E-state index in [4.69, 9.17) is 16.3 Å². The molecule has 26 heavy (non-hydrogen) atoms. The number of halogens is 4. The number of hydrogen-bond donors (Lipinski definition) is 2. The minimum Gasteiger partial charge on any atom is -0.379 e. The number of carbonyl (C=O) groups is 2. The van der Waals surface area contributed by atoms with Crippen molar-refractivity contribution in [2.45, 2.75) is 12.6 Å². The van der Waals surface area contributed by atoms with Gasteiger partial charge in [0.15, 0.2) is 0 Å². The summed E-state index contributed by atoms with van der Waals surface area (Å²) in [4.78, 5) is 25.7. The first-order valence-electron chi connectivity index (χ1n) is 7.99. The van der Waals surface area contributed by atoms with E-state index in [1.807, 2.05) is 0 Å². The van der Waals surface area contributed by atoms with Crippen molar-refractivity contribution < 1.29 is 27.5 Å². The zero-order valence-electron chi connectivity index (χ0n) is 13.9. The van der Waals surface area contributed by atoms with Gasteiger partial charge in [0.1, 0.15) is 6.42 Å². The molecule has 1 aliphatic heterocycles. The van der Waals surface area contributed by atoms with E-state index in [-0.39, 0.29) is 5.02 Å². The van der Waals surface area contributed by atoms with Crippen LogP contribution in [0.1, 0.15) is 12.0 Å². The molecule has 1 heterocycles. The molecule has 1 aliphatic rings. The van der Waals surface area contributed by atoms with E-state index in [9.17, 15) is 22.8 Å². The molecule has 6 nitrogen and oxygen atoms in total. The Balaban J connectivity index is 1.81. The highest BCUT2D eigenvalue weighted by Crippen LogP contribution is 2.36. The van der Waals surface area contributed by atoms with Gasteiger partial charge >= 0.3 is 6.18 Å². The maximum Gasteiger partial charge on any atom is 0.418 e. The van der Waals surface area contributed by atoms with E-state index in [1.165, 1.54) is 6.07 Å². The van der Waals surface area contributed by atoms with Gasteiger partial charge in [-0.1, -0.05) is 11.6 Å². The minimum atomic E-state index is -4.67. The average molecular weight is 394 g/mol. The minimum absolute atomic E-state index is 0.101. The van der Waals surface area contributed by atoms with Crippen LogP contribution in [-0.2, 0) is 20.5 Å². The number of nitrogens with one attached hydrogen (secondary N) is 2. The molecule has 1 fully saturated rings. The quantitative estimate of drug-likeness (QED) is 0.726. The van der Waals surface area contributed by atoms with Crippen LogP contribution in [0.4, 0.5) is 18.9 Å². The molecule has 1 saturated heterocycles. The number of anilines is 1. The Bertz CT molecular complexity index is 649. The van der Waals surface area contributed by atoms with E-state index in [2.05, 4.69) is 15.5 Å². The Hall–Kier alpha value is -1.84. The Kier molecular flexibility index (Phi) is 7.24. The largest absolute Gasteiger partial charge is 0.418 e. The number of rotatable bonds is 6. The van der Waals surface area contributed by atoms with Crippen molar-refractivity contribution in [2.75, 3.05) is 44.7 Å². The van der Waals surface area contributed by atoms with Gasteiger partial charge in [-0.05, 0) is 18.2 Å². The van der Waals surface area contributed by atoms with Crippen LogP contribution >= 0.6 is 11.6 Å². The van der Waals surface area contributed by atoms with Crippen molar-refractivity contribution in [3.05, 3.63) is 28.8 Å². The van der Waals surface area contributed by atoms with Gasteiger partial charge in [0.05, 0.1) is 24.5 Å². The van der Waals surface area contributed by atoms with Gasteiger partial charge in [-0.2, -0.15) is 13.2 Å². The number of ether oxygens (including phenoxy) is 1. The first kappa shape index (κ1) is 20.5. The van der Waals surface area contributed by atoms with Crippen molar-refractivity contribution in [1.82, 2.24) is 10.2 Å². The van der Waals surface area contributed by atoms with Crippen LogP contribution in [0.5, 0.6) is 0 Å². The fourth-order valence-electron chi connectivity index (χ4n) is 2.44. The maximum atomic E-state index is 13.0. The molecule has 0 bridgehead atoms. The fourth-order valence-corrected chi connectivity index (χ4v) is 2.61. The summed E-state index contributed by atoms with van der Waals surface area (Å²) in [7, 11) is 0. The number of morpholine rings is 1. The van der Waals surface area contributed by atoms with Gasteiger partial charge in [-0.25, -0.2) is 0 Å². The average Bonchev–Trinajstić information content (AvgIpc) is 2.56. The Morgan fingerprint density at radius 1 is 1.19 bits per heavy atom. The molecule has 0 saturated carbocycles.